The summed E-state index contributed by atoms with van der Waals surface area (Å²) in [5, 5.41) is 8.20. The summed E-state index contributed by atoms with van der Waals surface area (Å²) in [6, 6.07) is 5.54. The van der Waals surface area contributed by atoms with Gasteiger partial charge in [0.25, 0.3) is 5.91 Å². The average Bonchev–Trinajstić information content (AvgIpc) is 3.41. The summed E-state index contributed by atoms with van der Waals surface area (Å²) >= 11 is 0. The molecule has 226 valence electrons. The van der Waals surface area contributed by atoms with Gasteiger partial charge in [0.1, 0.15) is 42.0 Å². The highest BCUT2D eigenvalue weighted by Crippen LogP contribution is 2.25. The van der Waals surface area contributed by atoms with Crippen LogP contribution in [0, 0.1) is 11.8 Å². The van der Waals surface area contributed by atoms with Gasteiger partial charge < -0.3 is 30.4 Å². The molecular weight excluding hydrogens is 540 g/mol. The van der Waals surface area contributed by atoms with E-state index in [1.54, 1.807) is 46.8 Å². The summed E-state index contributed by atoms with van der Waals surface area (Å²) in [4.78, 5) is 74.1. The van der Waals surface area contributed by atoms with Gasteiger partial charge in [-0.05, 0) is 30.4 Å². The summed E-state index contributed by atoms with van der Waals surface area (Å²) < 4.78 is 6.08. The number of para-hydroxylation sites is 1. The summed E-state index contributed by atoms with van der Waals surface area (Å²) in [7, 11) is 0. The number of benzene rings is 1. The van der Waals surface area contributed by atoms with Crippen molar-refractivity contribution in [1.29, 1.82) is 0 Å². The van der Waals surface area contributed by atoms with E-state index >= 15 is 0 Å². The van der Waals surface area contributed by atoms with E-state index in [0.29, 0.717) is 18.5 Å². The molecule has 2 aromatic rings. The Hall–Kier alpha value is -4.35. The molecule has 2 heterocycles. The maximum absolute atomic E-state index is 14.0. The highest BCUT2D eigenvalue weighted by Gasteiger charge is 2.44. The minimum Gasteiger partial charge on any atom is -0.488 e. The van der Waals surface area contributed by atoms with E-state index in [0.717, 1.165) is 0 Å². The second kappa shape index (κ2) is 15.0. The monoisotopic (exact) mass is 580 g/mol. The number of likely N-dealkylation sites (tertiary alicyclic amines) is 1. The van der Waals surface area contributed by atoms with Gasteiger partial charge in [0, 0.05) is 18.8 Å². The van der Waals surface area contributed by atoms with Crippen molar-refractivity contribution in [3.8, 4) is 5.75 Å². The largest absolute Gasteiger partial charge is 0.488 e. The van der Waals surface area contributed by atoms with Crippen LogP contribution in [0.15, 0.2) is 48.9 Å². The summed E-state index contributed by atoms with van der Waals surface area (Å²) in [5.41, 5.74) is 0.0588. The van der Waals surface area contributed by atoms with Crippen LogP contribution in [0.1, 0.15) is 57.9 Å². The Labute approximate surface area is 246 Å². The number of ether oxygens (including phenoxy) is 1. The van der Waals surface area contributed by atoms with Gasteiger partial charge in [-0.15, -0.1) is 0 Å². The van der Waals surface area contributed by atoms with Crippen molar-refractivity contribution in [2.24, 2.45) is 11.8 Å². The first-order chi connectivity index (χ1) is 20.0. The van der Waals surface area contributed by atoms with Crippen molar-refractivity contribution in [2.75, 3.05) is 6.54 Å². The zero-order valence-corrected chi connectivity index (χ0v) is 24.7. The Morgan fingerprint density at radius 1 is 1.00 bits per heavy atom. The highest BCUT2D eigenvalue weighted by atomic mass is 16.5. The van der Waals surface area contributed by atoms with E-state index in [2.05, 4.69) is 25.9 Å². The third kappa shape index (κ3) is 8.34. The van der Waals surface area contributed by atoms with E-state index in [1.165, 1.54) is 23.5 Å². The first kappa shape index (κ1) is 32.2. The van der Waals surface area contributed by atoms with Crippen LogP contribution in [-0.2, 0) is 19.2 Å². The Balaban J connectivity index is 1.81. The lowest BCUT2D eigenvalue weighted by atomic mass is 9.98. The molecule has 5 atom stereocenters. The van der Waals surface area contributed by atoms with Gasteiger partial charge >= 0.3 is 0 Å². The molecule has 42 heavy (non-hydrogen) atoms. The molecule has 1 aliphatic rings. The molecule has 0 aliphatic carbocycles. The summed E-state index contributed by atoms with van der Waals surface area (Å²) in [6.45, 7) is 9.01. The third-order valence-electron chi connectivity index (χ3n) is 7.09. The van der Waals surface area contributed by atoms with Crippen molar-refractivity contribution >= 4 is 29.9 Å². The van der Waals surface area contributed by atoms with Crippen LogP contribution in [0.2, 0.25) is 0 Å². The van der Waals surface area contributed by atoms with E-state index in [-0.39, 0.29) is 30.5 Å². The predicted octanol–water partition coefficient (Wildman–Crippen LogP) is 1.51. The van der Waals surface area contributed by atoms with Crippen LogP contribution in [0.3, 0.4) is 0 Å². The van der Waals surface area contributed by atoms with Crippen LogP contribution in [0.5, 0.6) is 5.75 Å². The zero-order chi connectivity index (χ0) is 30.8. The number of aromatic nitrogens is 2. The number of carbonyl (C=O) groups excluding carboxylic acids is 5. The third-order valence-corrected chi connectivity index (χ3v) is 7.09. The quantitative estimate of drug-likeness (QED) is 0.301. The van der Waals surface area contributed by atoms with E-state index in [4.69, 9.17) is 4.74 Å². The fourth-order valence-corrected chi connectivity index (χ4v) is 4.68. The van der Waals surface area contributed by atoms with Gasteiger partial charge in [-0.1, -0.05) is 52.8 Å². The molecule has 3 N–H and O–H groups in total. The minimum absolute atomic E-state index is 0.0588. The highest BCUT2D eigenvalue weighted by molar-refractivity contribution is 5.98. The number of rotatable bonds is 13. The molecule has 0 radical (unpaired) electrons. The van der Waals surface area contributed by atoms with Gasteiger partial charge in [-0.25, -0.2) is 4.98 Å². The first-order valence-electron chi connectivity index (χ1n) is 14.2. The fourth-order valence-electron chi connectivity index (χ4n) is 4.68. The lowest BCUT2D eigenvalue weighted by Gasteiger charge is -2.32. The van der Waals surface area contributed by atoms with Crippen LogP contribution >= 0.6 is 0 Å². The number of nitrogens with zero attached hydrogens (tertiary/aromatic N) is 3. The molecule has 1 aromatic heterocycles. The van der Waals surface area contributed by atoms with E-state index in [9.17, 15) is 24.0 Å². The normalized spacial score (nSPS) is 18.6. The van der Waals surface area contributed by atoms with Crippen molar-refractivity contribution in [1.82, 2.24) is 30.8 Å². The molecule has 1 aromatic carbocycles. The van der Waals surface area contributed by atoms with Crippen molar-refractivity contribution in [2.45, 2.75) is 77.7 Å². The lowest BCUT2D eigenvalue weighted by Crippen LogP contribution is -2.59. The number of hydrogen-bond donors (Lipinski definition) is 3. The Morgan fingerprint density at radius 3 is 2.26 bits per heavy atom. The van der Waals surface area contributed by atoms with Gasteiger partial charge in [0.15, 0.2) is 0 Å². The second-order valence-electron chi connectivity index (χ2n) is 11.0. The van der Waals surface area contributed by atoms with Crippen molar-refractivity contribution in [3.63, 3.8) is 0 Å². The van der Waals surface area contributed by atoms with Gasteiger partial charge in [0.2, 0.25) is 17.7 Å². The molecule has 1 fully saturated rings. The van der Waals surface area contributed by atoms with Gasteiger partial charge in [0.05, 0.1) is 18.8 Å². The minimum atomic E-state index is -0.994. The summed E-state index contributed by atoms with van der Waals surface area (Å²) in [6.07, 6.45) is 4.90. The maximum Gasteiger partial charge on any atom is 0.272 e. The number of nitrogens with one attached hydrogen (secondary N) is 3. The molecule has 1 aliphatic heterocycles. The smallest absolute Gasteiger partial charge is 0.272 e. The molecule has 1 saturated heterocycles. The van der Waals surface area contributed by atoms with Gasteiger partial charge in [-0.3, -0.25) is 24.2 Å². The Morgan fingerprint density at radius 2 is 1.69 bits per heavy atom. The molecule has 12 heteroatoms. The van der Waals surface area contributed by atoms with Crippen LogP contribution in [0.4, 0.5) is 0 Å². The molecule has 4 amide bonds. The molecule has 0 bridgehead atoms. The van der Waals surface area contributed by atoms with Crippen LogP contribution in [0.25, 0.3) is 0 Å². The molecule has 0 saturated carbocycles. The predicted molar refractivity (Wildman–Crippen MR) is 154 cm³/mol. The Kier molecular flexibility index (Phi) is 11.5. The standard InChI is InChI=1S/C30H40N6O6/c1-6-20(17-37)33-28(39)24-14-22(42-21-10-8-7-9-11-21)16-36(24)30(41)26(19(4)5)35-29(40)25(18(2)3)34-27(38)23-15-31-12-13-32-23/h7-13,15,17-20,22,24-26H,6,14,16H2,1-5H3,(H,33,39)(H,34,38)(H,35,40)/t20?,22-,24+,25-,26-/m1/s1. The Bertz CT molecular complexity index is 1230. The number of carbonyl (C=O) groups is 5. The second-order valence-corrected chi connectivity index (χ2v) is 11.0. The van der Waals surface area contributed by atoms with E-state index < -0.39 is 53.9 Å². The van der Waals surface area contributed by atoms with Gasteiger partial charge in [-0.2, -0.15) is 0 Å². The van der Waals surface area contributed by atoms with E-state index in [1.807, 2.05) is 18.2 Å². The topological polar surface area (TPSA) is 160 Å². The van der Waals surface area contributed by atoms with Crippen LogP contribution in [-0.4, -0.2) is 81.6 Å². The number of aldehydes is 1. The molecule has 12 nitrogen and oxygen atoms in total. The molecule has 1 unspecified atom stereocenters. The fraction of sp³-hybridized carbons (Fsp3) is 0.500. The number of amides is 4. The first-order valence-corrected chi connectivity index (χ1v) is 14.2. The number of hydrogen-bond acceptors (Lipinski definition) is 8. The molecule has 3 rings (SSSR count). The average molecular weight is 581 g/mol. The SMILES string of the molecule is CCC(C=O)NC(=O)[C@@H]1C[C@@H](Oc2ccccc2)CN1C(=O)[C@H](NC(=O)[C@H](NC(=O)c1cnccn1)C(C)C)C(C)C. The maximum atomic E-state index is 14.0. The molecular formula is C30H40N6O6. The molecule has 0 spiro atoms. The van der Waals surface area contributed by atoms with Crippen molar-refractivity contribution < 1.29 is 28.7 Å². The lowest BCUT2D eigenvalue weighted by molar-refractivity contribution is -0.143. The van der Waals surface area contributed by atoms with Crippen LogP contribution < -0.4 is 20.7 Å². The van der Waals surface area contributed by atoms with Crippen molar-refractivity contribution in [3.05, 3.63) is 54.6 Å². The summed E-state index contributed by atoms with van der Waals surface area (Å²) in [5.74, 6) is -2.09. The zero-order valence-electron chi connectivity index (χ0n) is 24.7.